The van der Waals surface area contributed by atoms with E-state index in [-0.39, 0.29) is 0 Å². The van der Waals surface area contributed by atoms with Crippen LogP contribution < -0.4 is 0 Å². The molecule has 0 aromatic carbocycles. The molecule has 2 N–H and O–H groups in total. The zero-order chi connectivity index (χ0) is 27.4. The van der Waals surface area contributed by atoms with Gasteiger partial charge in [0.1, 0.15) is 12.1 Å². The number of hydrogen-bond donors (Lipinski definition) is 2. The highest BCUT2D eigenvalue weighted by atomic mass is 16.3. The maximum Gasteiger partial charge on any atom is 0.112 e. The monoisotopic (exact) mass is 539 g/mol. The van der Waals surface area contributed by atoms with E-state index in [2.05, 4.69) is 14.1 Å². The first-order valence-electron chi connectivity index (χ1n) is 17.4. The van der Waals surface area contributed by atoms with Crippen LogP contribution in [0.25, 0.3) is 0 Å². The molecule has 2 aliphatic heterocycles. The fourth-order valence-corrected chi connectivity index (χ4v) is 7.66. The summed E-state index contributed by atoms with van der Waals surface area (Å²) in [4.78, 5) is 0. The third-order valence-electron chi connectivity index (χ3n) is 10.7. The van der Waals surface area contributed by atoms with Crippen LogP contribution in [0.2, 0.25) is 0 Å². The summed E-state index contributed by atoms with van der Waals surface area (Å²) in [5.74, 6) is 0. The van der Waals surface area contributed by atoms with Gasteiger partial charge in [-0.25, -0.2) is 0 Å². The number of hydrogen-bond acceptors (Lipinski definition) is 2. The highest BCUT2D eigenvalue weighted by Crippen LogP contribution is 2.26. The van der Waals surface area contributed by atoms with E-state index in [9.17, 15) is 10.2 Å². The van der Waals surface area contributed by atoms with Crippen molar-refractivity contribution in [3.63, 3.8) is 0 Å². The third-order valence-corrected chi connectivity index (χ3v) is 10.7. The zero-order valence-electron chi connectivity index (χ0n) is 26.2. The minimum Gasteiger partial charge on any atom is -0.390 e. The molecule has 2 aliphatic rings. The first-order chi connectivity index (χ1) is 18.5. The van der Waals surface area contributed by atoms with Gasteiger partial charge < -0.3 is 19.2 Å². The van der Waals surface area contributed by atoms with Crippen LogP contribution in [0.15, 0.2) is 0 Å². The molecule has 38 heavy (non-hydrogen) atoms. The molecular formula is C34H70N2O2+2. The van der Waals surface area contributed by atoms with Crippen molar-refractivity contribution in [2.45, 2.75) is 166 Å². The Bertz CT molecular complexity index is 511. The van der Waals surface area contributed by atoms with Gasteiger partial charge in [-0.05, 0) is 25.7 Å². The van der Waals surface area contributed by atoms with Crippen LogP contribution in [0.5, 0.6) is 0 Å². The average Bonchev–Trinajstić information content (AvgIpc) is 3.48. The van der Waals surface area contributed by atoms with Crippen molar-refractivity contribution >= 4 is 0 Å². The molecule has 2 rings (SSSR count). The first kappa shape index (κ1) is 34.0. The Balaban J connectivity index is 1.23. The van der Waals surface area contributed by atoms with Crippen LogP contribution in [0.4, 0.5) is 0 Å². The number of aliphatic hydroxyl groups excluding tert-OH is 2. The van der Waals surface area contributed by atoms with E-state index < -0.39 is 0 Å². The van der Waals surface area contributed by atoms with E-state index in [1.165, 1.54) is 180 Å². The standard InChI is InChI=1S/C34H70N2O2/c1-35(29-23-25-33(35)31-37)27-21-19-17-15-13-11-9-7-5-3-4-6-8-10-12-14-16-18-20-22-28-36(2)30-24-26-34(36)32-38/h33-34,37-38H,3-32H2,1-2H3/q+2. The predicted octanol–water partition coefficient (Wildman–Crippen LogP) is 7.99. The van der Waals surface area contributed by atoms with Crippen LogP contribution >= 0.6 is 0 Å². The first-order valence-corrected chi connectivity index (χ1v) is 17.4. The highest BCUT2D eigenvalue weighted by Gasteiger charge is 2.37. The molecule has 0 spiro atoms. The van der Waals surface area contributed by atoms with Gasteiger partial charge in [0.25, 0.3) is 0 Å². The molecule has 0 saturated carbocycles. The van der Waals surface area contributed by atoms with Gasteiger partial charge in [-0.3, -0.25) is 0 Å². The van der Waals surface area contributed by atoms with Gasteiger partial charge in [0, 0.05) is 25.7 Å². The van der Waals surface area contributed by atoms with Crippen LogP contribution in [0.3, 0.4) is 0 Å². The van der Waals surface area contributed by atoms with Gasteiger partial charge in [-0.2, -0.15) is 0 Å². The Morgan fingerprint density at radius 3 is 0.895 bits per heavy atom. The Labute approximate surface area is 238 Å². The molecule has 0 radical (unpaired) electrons. The van der Waals surface area contributed by atoms with Crippen molar-refractivity contribution in [2.24, 2.45) is 0 Å². The normalized spacial score (nSPS) is 27.5. The molecule has 226 valence electrons. The molecule has 4 heteroatoms. The molecule has 0 aromatic rings. The molecular weight excluding hydrogens is 468 g/mol. The summed E-state index contributed by atoms with van der Waals surface area (Å²) < 4.78 is 2.26. The van der Waals surface area contributed by atoms with Gasteiger partial charge in [-0.15, -0.1) is 0 Å². The van der Waals surface area contributed by atoms with E-state index in [0.717, 1.165) is 8.97 Å². The summed E-state index contributed by atoms with van der Waals surface area (Å²) in [5.41, 5.74) is 0. The molecule has 2 fully saturated rings. The molecule has 4 nitrogen and oxygen atoms in total. The lowest BCUT2D eigenvalue weighted by Gasteiger charge is -2.35. The SMILES string of the molecule is C[N+]1(CCCCCCCCCCCCCCCCCCCCCC[N+]2(C)CCCC2CO)CCCC1CO. The maximum absolute atomic E-state index is 9.59. The summed E-state index contributed by atoms with van der Waals surface area (Å²) in [6.07, 6.45) is 33.6. The molecule has 0 amide bonds. The fourth-order valence-electron chi connectivity index (χ4n) is 7.66. The van der Waals surface area contributed by atoms with Gasteiger partial charge in [0.15, 0.2) is 0 Å². The number of nitrogens with zero attached hydrogens (tertiary/aromatic N) is 2. The number of likely N-dealkylation sites (N-methyl/N-ethyl adjacent to an activating group) is 2. The minimum absolute atomic E-state index is 0.380. The van der Waals surface area contributed by atoms with Gasteiger partial charge in [0.05, 0.1) is 53.5 Å². The highest BCUT2D eigenvalue weighted by molar-refractivity contribution is 4.67. The van der Waals surface area contributed by atoms with Crippen molar-refractivity contribution < 1.29 is 19.2 Å². The van der Waals surface area contributed by atoms with Crippen LogP contribution in [0.1, 0.15) is 154 Å². The van der Waals surface area contributed by atoms with Crippen LogP contribution in [0, 0.1) is 0 Å². The van der Waals surface area contributed by atoms with Crippen molar-refractivity contribution in [3.8, 4) is 0 Å². The van der Waals surface area contributed by atoms with Gasteiger partial charge >= 0.3 is 0 Å². The largest absolute Gasteiger partial charge is 0.390 e. The molecule has 2 heterocycles. The number of unbranched alkanes of at least 4 members (excludes halogenated alkanes) is 19. The number of rotatable bonds is 25. The zero-order valence-corrected chi connectivity index (χ0v) is 26.2. The van der Waals surface area contributed by atoms with E-state index in [1.807, 2.05) is 0 Å². The van der Waals surface area contributed by atoms with Crippen molar-refractivity contribution in [3.05, 3.63) is 0 Å². The molecule has 0 aromatic heterocycles. The van der Waals surface area contributed by atoms with E-state index in [4.69, 9.17) is 0 Å². The number of quaternary nitrogens is 2. The van der Waals surface area contributed by atoms with E-state index >= 15 is 0 Å². The summed E-state index contributed by atoms with van der Waals surface area (Å²) in [7, 11) is 4.73. The third kappa shape index (κ3) is 13.5. The quantitative estimate of drug-likeness (QED) is 0.0913. The molecule has 0 bridgehead atoms. The van der Waals surface area contributed by atoms with E-state index in [1.54, 1.807) is 0 Å². The Kier molecular flexibility index (Phi) is 18.5. The molecule has 0 aliphatic carbocycles. The molecule has 2 saturated heterocycles. The summed E-state index contributed by atoms with van der Waals surface area (Å²) in [6, 6.07) is 1.02. The lowest BCUT2D eigenvalue weighted by Crippen LogP contribution is -2.50. The Morgan fingerprint density at radius 2 is 0.658 bits per heavy atom. The summed E-state index contributed by atoms with van der Waals surface area (Å²) in [5, 5.41) is 19.2. The topological polar surface area (TPSA) is 40.5 Å². The van der Waals surface area contributed by atoms with Gasteiger partial charge in [0.2, 0.25) is 0 Å². The molecule has 4 atom stereocenters. The second-order valence-corrected chi connectivity index (χ2v) is 13.9. The van der Waals surface area contributed by atoms with Crippen molar-refractivity contribution in [1.29, 1.82) is 0 Å². The minimum atomic E-state index is 0.380. The maximum atomic E-state index is 9.59. The van der Waals surface area contributed by atoms with Crippen LogP contribution in [-0.2, 0) is 0 Å². The Hall–Kier alpha value is -0.160. The van der Waals surface area contributed by atoms with Crippen molar-refractivity contribution in [1.82, 2.24) is 0 Å². The van der Waals surface area contributed by atoms with Gasteiger partial charge in [-0.1, -0.05) is 103 Å². The van der Waals surface area contributed by atoms with Crippen LogP contribution in [-0.4, -0.2) is 84.8 Å². The smallest absolute Gasteiger partial charge is 0.112 e. The number of likely N-dealkylation sites (tertiary alicyclic amines) is 2. The second-order valence-electron chi connectivity index (χ2n) is 13.9. The summed E-state index contributed by atoms with van der Waals surface area (Å²) in [6.45, 7) is 5.86. The Morgan fingerprint density at radius 1 is 0.421 bits per heavy atom. The van der Waals surface area contributed by atoms with E-state index in [0.29, 0.717) is 25.3 Å². The lowest BCUT2D eigenvalue weighted by molar-refractivity contribution is -0.921. The van der Waals surface area contributed by atoms with Crippen molar-refractivity contribution in [2.75, 3.05) is 53.5 Å². The predicted molar refractivity (Wildman–Crippen MR) is 164 cm³/mol. The lowest BCUT2D eigenvalue weighted by atomic mass is 10.0. The summed E-state index contributed by atoms with van der Waals surface area (Å²) >= 11 is 0. The second kappa shape index (κ2) is 20.7. The average molecular weight is 539 g/mol. The fraction of sp³-hybridized carbons (Fsp3) is 1.00. The molecule has 4 unspecified atom stereocenters. The number of aliphatic hydroxyl groups is 2.